The summed E-state index contributed by atoms with van der Waals surface area (Å²) in [6.45, 7) is 5.85. The van der Waals surface area contributed by atoms with Crippen molar-refractivity contribution in [3.8, 4) is 0 Å². The van der Waals surface area contributed by atoms with E-state index in [0.717, 1.165) is 29.5 Å². The lowest BCUT2D eigenvalue weighted by atomic mass is 10.1. The van der Waals surface area contributed by atoms with E-state index in [1.807, 2.05) is 27.8 Å². The molecule has 0 radical (unpaired) electrons. The monoisotopic (exact) mass is 205 g/mol. The van der Waals surface area contributed by atoms with Crippen LogP contribution in [0, 0.1) is 0 Å². The maximum atomic E-state index is 4.51. The van der Waals surface area contributed by atoms with Gasteiger partial charge in [-0.15, -0.1) is 0 Å². The highest BCUT2D eigenvalue weighted by atomic mass is 15.4. The van der Waals surface area contributed by atoms with E-state index in [-0.39, 0.29) is 0 Å². The Morgan fingerprint density at radius 3 is 2.53 bits per heavy atom. The molecule has 2 aliphatic heterocycles. The van der Waals surface area contributed by atoms with Crippen molar-refractivity contribution in [1.29, 1.82) is 0 Å². The second-order valence-electron chi connectivity index (χ2n) is 3.62. The topological polar surface area (TPSA) is 61.5 Å². The Labute approximate surface area is 89.1 Å². The average Bonchev–Trinajstić information content (AvgIpc) is 2.57. The summed E-state index contributed by atoms with van der Waals surface area (Å²) in [4.78, 5) is 17.7. The number of fused-ring (bicyclic) bond motifs is 1. The van der Waals surface area contributed by atoms with Gasteiger partial charge in [-0.25, -0.2) is 20.0 Å². The fourth-order valence-corrected chi connectivity index (χ4v) is 1.83. The first-order chi connectivity index (χ1) is 7.11. The van der Waals surface area contributed by atoms with Gasteiger partial charge in [0.25, 0.3) is 5.79 Å². The van der Waals surface area contributed by atoms with Crippen molar-refractivity contribution in [2.75, 3.05) is 7.05 Å². The number of aliphatic imine (C=N–C) groups is 4. The highest BCUT2D eigenvalue weighted by molar-refractivity contribution is 6.49. The van der Waals surface area contributed by atoms with Gasteiger partial charge >= 0.3 is 0 Å². The summed E-state index contributed by atoms with van der Waals surface area (Å²) in [6.07, 6.45) is 0.814. The molecule has 2 aliphatic rings. The van der Waals surface area contributed by atoms with Gasteiger partial charge in [-0.2, -0.15) is 0 Å². The van der Waals surface area contributed by atoms with Crippen LogP contribution in [0.5, 0.6) is 0 Å². The molecule has 0 aromatic rings. The first-order valence-corrected chi connectivity index (χ1v) is 5.10. The van der Waals surface area contributed by atoms with Gasteiger partial charge in [0, 0.05) is 6.42 Å². The lowest BCUT2D eigenvalue weighted by Gasteiger charge is -2.26. The summed E-state index contributed by atoms with van der Waals surface area (Å²) < 4.78 is 0. The molecule has 0 aromatic carbocycles. The lowest BCUT2D eigenvalue weighted by Crippen LogP contribution is -2.50. The molecule has 0 amide bonds. The molecular weight excluding hydrogens is 190 g/mol. The van der Waals surface area contributed by atoms with Crippen LogP contribution in [0.3, 0.4) is 0 Å². The van der Waals surface area contributed by atoms with Crippen molar-refractivity contribution >= 4 is 23.1 Å². The van der Waals surface area contributed by atoms with Crippen LogP contribution in [0.2, 0.25) is 0 Å². The minimum atomic E-state index is -0.707. The fraction of sp³-hybridized carbons (Fsp3) is 0.600. The molecule has 0 aromatic heterocycles. The van der Waals surface area contributed by atoms with E-state index in [2.05, 4.69) is 25.3 Å². The fourth-order valence-electron chi connectivity index (χ4n) is 1.83. The minimum Gasteiger partial charge on any atom is -0.272 e. The van der Waals surface area contributed by atoms with Crippen LogP contribution in [0.25, 0.3) is 0 Å². The van der Waals surface area contributed by atoms with Crippen LogP contribution in [0.1, 0.15) is 27.2 Å². The van der Waals surface area contributed by atoms with Crippen LogP contribution < -0.4 is 5.32 Å². The first-order valence-electron chi connectivity index (χ1n) is 5.10. The number of nitrogens with one attached hydrogen (secondary N) is 1. The van der Waals surface area contributed by atoms with Gasteiger partial charge in [0.15, 0.2) is 0 Å². The molecule has 0 aliphatic carbocycles. The van der Waals surface area contributed by atoms with Crippen LogP contribution in [-0.4, -0.2) is 35.9 Å². The Balaban J connectivity index is 2.54. The molecular formula is C10H15N5. The molecule has 1 atom stereocenters. The molecule has 5 heteroatoms. The second-order valence-corrected chi connectivity index (χ2v) is 3.62. The van der Waals surface area contributed by atoms with Crippen molar-refractivity contribution in [3.63, 3.8) is 0 Å². The Bertz CT molecular complexity index is 416. The van der Waals surface area contributed by atoms with Crippen LogP contribution in [0.15, 0.2) is 20.0 Å². The summed E-state index contributed by atoms with van der Waals surface area (Å²) >= 11 is 0. The van der Waals surface area contributed by atoms with E-state index < -0.39 is 5.79 Å². The number of hydrogen-bond donors (Lipinski definition) is 1. The molecule has 1 N–H and O–H groups in total. The summed E-state index contributed by atoms with van der Waals surface area (Å²) in [5.41, 5.74) is 1.72. The second kappa shape index (κ2) is 3.34. The van der Waals surface area contributed by atoms with Gasteiger partial charge in [0.2, 0.25) is 0 Å². The normalized spacial score (nSPS) is 29.1. The van der Waals surface area contributed by atoms with Gasteiger partial charge in [-0.1, -0.05) is 6.92 Å². The summed E-state index contributed by atoms with van der Waals surface area (Å²) in [6, 6.07) is 0. The molecule has 2 heterocycles. The van der Waals surface area contributed by atoms with Gasteiger partial charge < -0.3 is 0 Å². The largest absolute Gasteiger partial charge is 0.272 e. The average molecular weight is 205 g/mol. The third-order valence-corrected chi connectivity index (χ3v) is 2.52. The lowest BCUT2D eigenvalue weighted by molar-refractivity contribution is 0.523. The van der Waals surface area contributed by atoms with E-state index in [9.17, 15) is 0 Å². The highest BCUT2D eigenvalue weighted by Crippen LogP contribution is 2.24. The van der Waals surface area contributed by atoms with Crippen molar-refractivity contribution in [2.24, 2.45) is 20.0 Å². The molecule has 15 heavy (non-hydrogen) atoms. The van der Waals surface area contributed by atoms with Crippen molar-refractivity contribution < 1.29 is 0 Å². The molecule has 0 bridgehead atoms. The highest BCUT2D eigenvalue weighted by Gasteiger charge is 2.41. The summed E-state index contributed by atoms with van der Waals surface area (Å²) in [5, 5.41) is 3.12. The molecule has 0 fully saturated rings. The number of hydrogen-bond acceptors (Lipinski definition) is 5. The van der Waals surface area contributed by atoms with E-state index in [1.54, 1.807) is 0 Å². The van der Waals surface area contributed by atoms with E-state index in [1.165, 1.54) is 0 Å². The quantitative estimate of drug-likeness (QED) is 0.718. The van der Waals surface area contributed by atoms with E-state index >= 15 is 0 Å². The molecule has 2 rings (SSSR count). The Morgan fingerprint density at radius 1 is 1.20 bits per heavy atom. The summed E-state index contributed by atoms with van der Waals surface area (Å²) in [7, 11) is 1.84. The van der Waals surface area contributed by atoms with Crippen LogP contribution in [-0.2, 0) is 0 Å². The number of rotatable bonds is 2. The summed E-state index contributed by atoms with van der Waals surface area (Å²) in [5.74, 6) is 0.857. The molecule has 0 spiro atoms. The molecule has 80 valence electrons. The molecule has 1 unspecified atom stereocenters. The van der Waals surface area contributed by atoms with Gasteiger partial charge in [-0.3, -0.25) is 5.32 Å². The zero-order valence-electron chi connectivity index (χ0n) is 9.50. The van der Waals surface area contributed by atoms with Gasteiger partial charge in [0.1, 0.15) is 17.4 Å². The minimum absolute atomic E-state index is 0.707. The zero-order chi connectivity index (χ0) is 11.1. The third-order valence-electron chi connectivity index (χ3n) is 2.52. The van der Waals surface area contributed by atoms with Crippen molar-refractivity contribution in [1.82, 2.24) is 5.32 Å². The first kappa shape index (κ1) is 10.2. The van der Waals surface area contributed by atoms with Crippen molar-refractivity contribution in [3.05, 3.63) is 0 Å². The van der Waals surface area contributed by atoms with E-state index in [4.69, 9.17) is 0 Å². The number of amidine groups is 2. The standard InChI is InChI=1S/C10H15N5/c1-5-8-13-9-6(2)12-7(3)14-10(9,11-4)15-8/h11H,5H2,1-4H3. The van der Waals surface area contributed by atoms with Gasteiger partial charge in [-0.05, 0) is 20.9 Å². The van der Waals surface area contributed by atoms with E-state index in [0.29, 0.717) is 0 Å². The maximum Gasteiger partial charge on any atom is 0.253 e. The smallest absolute Gasteiger partial charge is 0.253 e. The Morgan fingerprint density at radius 2 is 1.93 bits per heavy atom. The third kappa shape index (κ3) is 1.43. The predicted octanol–water partition coefficient (Wildman–Crippen LogP) is 1.02. The molecule has 5 nitrogen and oxygen atoms in total. The maximum absolute atomic E-state index is 4.51. The molecule has 0 saturated carbocycles. The predicted molar refractivity (Wildman–Crippen MR) is 63.2 cm³/mol. The van der Waals surface area contributed by atoms with Crippen molar-refractivity contribution in [2.45, 2.75) is 33.0 Å². The van der Waals surface area contributed by atoms with Crippen LogP contribution >= 0.6 is 0 Å². The van der Waals surface area contributed by atoms with Gasteiger partial charge in [0.05, 0.1) is 5.71 Å². The zero-order valence-corrected chi connectivity index (χ0v) is 9.50. The molecule has 0 saturated heterocycles. The Hall–Kier alpha value is -1.36. The number of nitrogens with zero attached hydrogens (tertiary/aromatic N) is 4. The Kier molecular flexibility index (Phi) is 2.26. The SMILES string of the molecule is CCC1=NC2(NC)N=C(C)N=C(C)C2=N1. The van der Waals surface area contributed by atoms with Crippen LogP contribution in [0.4, 0.5) is 0 Å².